The zero-order chi connectivity index (χ0) is 23.4. The van der Waals surface area contributed by atoms with E-state index in [1.807, 2.05) is 37.3 Å². The number of hydrogen-bond donors (Lipinski definition) is 0. The van der Waals surface area contributed by atoms with Gasteiger partial charge in [-0.1, -0.05) is 34.1 Å². The molecule has 4 rings (SSSR count). The first-order chi connectivity index (χ1) is 15.9. The predicted octanol–water partition coefficient (Wildman–Crippen LogP) is 6.52. The quantitative estimate of drug-likeness (QED) is 0.171. The van der Waals surface area contributed by atoms with Crippen LogP contribution in [0.15, 0.2) is 75.8 Å². The molecule has 0 saturated heterocycles. The lowest BCUT2D eigenvalue weighted by Crippen LogP contribution is -2.05. The molecule has 0 radical (unpaired) electrons. The number of nitrogens with zero attached hydrogens (tertiary/aromatic N) is 1. The number of ether oxygens (including phenoxy) is 3. The number of aliphatic imine (C=N–C) groups is 1. The van der Waals surface area contributed by atoms with E-state index in [1.54, 1.807) is 24.3 Å². The Morgan fingerprint density at radius 3 is 2.70 bits per heavy atom. The van der Waals surface area contributed by atoms with Gasteiger partial charge in [-0.05, 0) is 89.2 Å². The Labute approximate surface area is 212 Å². The minimum Gasteiger partial charge on any atom is -0.490 e. The number of carbonyl (C=O) groups excluding carboxylic acids is 1. The zero-order valence-corrected chi connectivity index (χ0v) is 21.2. The molecule has 0 unspecified atom stereocenters. The highest BCUT2D eigenvalue weighted by molar-refractivity contribution is 14.1. The van der Waals surface area contributed by atoms with Crippen molar-refractivity contribution in [2.24, 2.45) is 4.99 Å². The number of benzene rings is 3. The van der Waals surface area contributed by atoms with Crippen molar-refractivity contribution >= 4 is 56.5 Å². The number of cyclic esters (lactones) is 1. The molecule has 3 aromatic rings. The SMILES string of the molecule is CCOc1cc(/C=C2\N=C(c3cccc(Br)c3)OC2=O)cc(I)c1OCc1cccc(F)c1. The van der Waals surface area contributed by atoms with Gasteiger partial charge in [-0.15, -0.1) is 0 Å². The van der Waals surface area contributed by atoms with Gasteiger partial charge >= 0.3 is 5.97 Å². The number of halogens is 3. The largest absolute Gasteiger partial charge is 0.490 e. The Hall–Kier alpha value is -2.72. The van der Waals surface area contributed by atoms with Crippen LogP contribution in [0.1, 0.15) is 23.6 Å². The van der Waals surface area contributed by atoms with Crippen LogP contribution in [0.2, 0.25) is 0 Å². The lowest BCUT2D eigenvalue weighted by atomic mass is 10.1. The minimum absolute atomic E-state index is 0.191. The first-order valence-electron chi connectivity index (χ1n) is 10.0. The summed E-state index contributed by atoms with van der Waals surface area (Å²) in [7, 11) is 0. The molecule has 0 amide bonds. The fourth-order valence-electron chi connectivity index (χ4n) is 3.17. The summed E-state index contributed by atoms with van der Waals surface area (Å²) in [6.07, 6.45) is 1.65. The van der Waals surface area contributed by atoms with E-state index in [-0.39, 0.29) is 24.0 Å². The molecule has 0 bridgehead atoms. The number of esters is 1. The number of carbonyl (C=O) groups is 1. The minimum atomic E-state index is -0.524. The molecular formula is C25H18BrFINO4. The van der Waals surface area contributed by atoms with Crippen LogP contribution < -0.4 is 9.47 Å². The first kappa shape index (κ1) is 23.4. The summed E-state index contributed by atoms with van der Waals surface area (Å²) < 4.78 is 32.2. The van der Waals surface area contributed by atoms with Gasteiger partial charge in [0.05, 0.1) is 10.2 Å². The van der Waals surface area contributed by atoms with Crippen LogP contribution >= 0.6 is 38.5 Å². The molecule has 8 heteroatoms. The standard InChI is InChI=1S/C25H18BrFINO4/c1-2-31-22-12-16(10-20(28)23(22)32-14-15-5-3-8-19(27)9-15)11-21-25(30)33-24(29-21)17-6-4-7-18(26)13-17/h3-13H,2,14H2,1H3/b21-11-. The summed E-state index contributed by atoms with van der Waals surface area (Å²) in [5, 5.41) is 0. The van der Waals surface area contributed by atoms with Crippen LogP contribution in [0.5, 0.6) is 11.5 Å². The maximum absolute atomic E-state index is 13.5. The maximum atomic E-state index is 13.5. The normalized spacial score (nSPS) is 14.2. The van der Waals surface area contributed by atoms with E-state index in [9.17, 15) is 9.18 Å². The highest BCUT2D eigenvalue weighted by atomic mass is 127. The number of hydrogen-bond acceptors (Lipinski definition) is 5. The first-order valence-corrected chi connectivity index (χ1v) is 11.9. The van der Waals surface area contributed by atoms with E-state index in [0.717, 1.165) is 8.04 Å². The second kappa shape index (κ2) is 10.5. The fourth-order valence-corrected chi connectivity index (χ4v) is 4.35. The van der Waals surface area contributed by atoms with Crippen LogP contribution in [-0.2, 0) is 16.1 Å². The smallest absolute Gasteiger partial charge is 0.363 e. The van der Waals surface area contributed by atoms with Crippen molar-refractivity contribution in [2.75, 3.05) is 6.61 Å². The van der Waals surface area contributed by atoms with E-state index in [4.69, 9.17) is 14.2 Å². The Balaban J connectivity index is 1.61. The van der Waals surface area contributed by atoms with E-state index in [2.05, 4.69) is 43.5 Å². The summed E-state index contributed by atoms with van der Waals surface area (Å²) in [5.74, 6) is 0.488. The van der Waals surface area contributed by atoms with Gasteiger partial charge in [-0.2, -0.15) is 0 Å². The number of rotatable bonds is 7. The molecule has 5 nitrogen and oxygen atoms in total. The molecule has 33 heavy (non-hydrogen) atoms. The molecule has 1 aliphatic rings. The topological polar surface area (TPSA) is 57.1 Å². The van der Waals surface area contributed by atoms with Gasteiger partial charge in [0.2, 0.25) is 5.90 Å². The van der Waals surface area contributed by atoms with Crippen LogP contribution in [0.4, 0.5) is 4.39 Å². The van der Waals surface area contributed by atoms with Crippen LogP contribution in [0.3, 0.4) is 0 Å². The molecule has 0 fully saturated rings. The van der Waals surface area contributed by atoms with Gasteiger partial charge in [0.15, 0.2) is 17.2 Å². The Kier molecular flexibility index (Phi) is 7.44. The lowest BCUT2D eigenvalue weighted by molar-refractivity contribution is -0.129. The van der Waals surface area contributed by atoms with Gasteiger partial charge in [0.25, 0.3) is 0 Å². The Bertz CT molecular complexity index is 1280. The summed E-state index contributed by atoms with van der Waals surface area (Å²) in [5.41, 5.74) is 2.32. The second-order valence-corrected chi connectivity index (χ2v) is 9.11. The molecule has 0 saturated carbocycles. The van der Waals surface area contributed by atoms with E-state index in [0.29, 0.717) is 34.8 Å². The Morgan fingerprint density at radius 1 is 1.12 bits per heavy atom. The third-order valence-electron chi connectivity index (χ3n) is 4.60. The van der Waals surface area contributed by atoms with Gasteiger partial charge in [-0.3, -0.25) is 0 Å². The van der Waals surface area contributed by atoms with Crippen molar-refractivity contribution in [3.8, 4) is 11.5 Å². The fraction of sp³-hybridized carbons (Fsp3) is 0.120. The van der Waals surface area contributed by atoms with Gasteiger partial charge in [0.1, 0.15) is 12.4 Å². The van der Waals surface area contributed by atoms with Gasteiger partial charge in [0, 0.05) is 10.0 Å². The molecule has 0 spiro atoms. The van der Waals surface area contributed by atoms with Crippen LogP contribution in [0.25, 0.3) is 6.08 Å². The average molecular weight is 622 g/mol. The highest BCUT2D eigenvalue weighted by Gasteiger charge is 2.24. The van der Waals surface area contributed by atoms with Crippen molar-refractivity contribution in [2.45, 2.75) is 13.5 Å². The van der Waals surface area contributed by atoms with Crippen molar-refractivity contribution in [1.82, 2.24) is 0 Å². The van der Waals surface area contributed by atoms with Crippen molar-refractivity contribution in [3.05, 3.63) is 96.9 Å². The molecule has 0 N–H and O–H groups in total. The molecule has 0 aliphatic carbocycles. The summed E-state index contributed by atoms with van der Waals surface area (Å²) in [6.45, 7) is 2.50. The van der Waals surface area contributed by atoms with Crippen LogP contribution in [-0.4, -0.2) is 18.5 Å². The van der Waals surface area contributed by atoms with Gasteiger partial charge < -0.3 is 14.2 Å². The van der Waals surface area contributed by atoms with E-state index in [1.165, 1.54) is 12.1 Å². The van der Waals surface area contributed by atoms with E-state index >= 15 is 0 Å². The lowest BCUT2D eigenvalue weighted by Gasteiger charge is -2.15. The molecule has 168 valence electrons. The maximum Gasteiger partial charge on any atom is 0.363 e. The third kappa shape index (κ3) is 5.80. The van der Waals surface area contributed by atoms with Gasteiger partial charge in [-0.25, -0.2) is 14.2 Å². The zero-order valence-electron chi connectivity index (χ0n) is 17.5. The van der Waals surface area contributed by atoms with Crippen molar-refractivity contribution in [1.29, 1.82) is 0 Å². The highest BCUT2D eigenvalue weighted by Crippen LogP contribution is 2.36. The van der Waals surface area contributed by atoms with E-state index < -0.39 is 5.97 Å². The Morgan fingerprint density at radius 2 is 1.94 bits per heavy atom. The third-order valence-corrected chi connectivity index (χ3v) is 5.89. The molecule has 1 aliphatic heterocycles. The molecule has 3 aromatic carbocycles. The predicted molar refractivity (Wildman–Crippen MR) is 136 cm³/mol. The van der Waals surface area contributed by atoms with Crippen molar-refractivity contribution in [3.63, 3.8) is 0 Å². The monoisotopic (exact) mass is 621 g/mol. The van der Waals surface area contributed by atoms with Crippen LogP contribution in [0, 0.1) is 9.39 Å². The second-order valence-electron chi connectivity index (χ2n) is 7.03. The molecule has 0 atom stereocenters. The average Bonchev–Trinajstić information content (AvgIpc) is 3.14. The van der Waals surface area contributed by atoms with Crippen molar-refractivity contribution < 1.29 is 23.4 Å². The molecular weight excluding hydrogens is 604 g/mol. The summed E-state index contributed by atoms with van der Waals surface area (Å²) in [6, 6.07) is 17.3. The summed E-state index contributed by atoms with van der Waals surface area (Å²) >= 11 is 5.55. The molecule has 0 aromatic heterocycles. The summed E-state index contributed by atoms with van der Waals surface area (Å²) in [4.78, 5) is 16.8. The molecule has 1 heterocycles.